The Balaban J connectivity index is 0. The molecule has 39 heavy (non-hydrogen) atoms. The Morgan fingerprint density at radius 1 is 0.615 bits per heavy atom. The summed E-state index contributed by atoms with van der Waals surface area (Å²) in [5, 5.41) is 3.45. The number of benzene rings is 1. The van der Waals surface area contributed by atoms with Crippen LogP contribution >= 0.6 is 0 Å². The second-order valence-corrected chi connectivity index (χ2v) is 16.9. The maximum atomic E-state index is 2.67. The molecule has 1 aliphatic rings. The average molecular weight is 648 g/mol. The van der Waals surface area contributed by atoms with Crippen molar-refractivity contribution >= 4 is 13.3 Å². The zero-order valence-electron chi connectivity index (χ0n) is 25.4. The van der Waals surface area contributed by atoms with Crippen molar-refractivity contribution in [3.05, 3.63) is 51.1 Å². The number of unbranched alkanes of at least 4 members (excludes halogenated alkanes) is 16. The van der Waals surface area contributed by atoms with Crippen molar-refractivity contribution in [3.8, 4) is 0 Å². The average Bonchev–Trinajstić information content (AvgIpc) is 3.28. The Hall–Kier alpha value is 0.501. The zero-order chi connectivity index (χ0) is 25.9. The van der Waals surface area contributed by atoms with Crippen LogP contribution in [0.15, 0.2) is 51.1 Å². The molecule has 0 nitrogen and oxygen atoms in total. The predicted molar refractivity (Wildman–Crippen MR) is 161 cm³/mol. The molecule has 1 aromatic rings. The number of rotatable bonds is 22. The summed E-state index contributed by atoms with van der Waals surface area (Å²) in [6, 6.07) is 13.0. The second kappa shape index (κ2) is 26.2. The standard InChI is InChI=1S/C34H57Si.3ClH.Ti/c1-4-6-8-9-10-11-12-13-14-15-16-17-18-19-20-24-31-35(3,33-28-22-21-23-29-33)34-30-25-27-32(34)26-7-5-2;;;;/h21-23,28-30H,4-20,24-26,31H2,1-3H3;3*1H;/q;;;;+3/p-3. The van der Waals surface area contributed by atoms with E-state index in [1.807, 2.05) is 0 Å². The molecule has 0 radical (unpaired) electrons. The maximum Gasteiger partial charge on any atom is -1.00 e. The summed E-state index contributed by atoms with van der Waals surface area (Å²) in [7, 11) is -1.65. The van der Waals surface area contributed by atoms with Crippen molar-refractivity contribution in [1.29, 1.82) is 0 Å². The molecule has 0 aromatic heterocycles. The molecule has 0 bridgehead atoms. The van der Waals surface area contributed by atoms with Gasteiger partial charge < -0.3 is 37.2 Å². The van der Waals surface area contributed by atoms with Crippen LogP contribution in [0.3, 0.4) is 0 Å². The Labute approximate surface area is 275 Å². The van der Waals surface area contributed by atoms with Crippen LogP contribution < -0.4 is 42.4 Å². The Bertz CT molecular complexity index is 765. The van der Waals surface area contributed by atoms with E-state index in [9.17, 15) is 0 Å². The first-order valence-corrected chi connectivity index (χ1v) is 19.3. The molecule has 0 aliphatic heterocycles. The van der Waals surface area contributed by atoms with Gasteiger partial charge in [0.2, 0.25) is 0 Å². The van der Waals surface area contributed by atoms with E-state index in [0.29, 0.717) is 0 Å². The Morgan fingerprint density at radius 3 is 1.51 bits per heavy atom. The van der Waals surface area contributed by atoms with E-state index < -0.39 is 8.07 Å². The van der Waals surface area contributed by atoms with Crippen LogP contribution in [0.1, 0.15) is 142 Å². The summed E-state index contributed by atoms with van der Waals surface area (Å²) < 4.78 is 1.65. The summed E-state index contributed by atoms with van der Waals surface area (Å²) in [6.07, 6.45) is 31.0. The fourth-order valence-electron chi connectivity index (χ4n) is 6.08. The van der Waals surface area contributed by atoms with Crippen LogP contribution in [0.25, 0.3) is 0 Å². The molecule has 0 spiro atoms. The van der Waals surface area contributed by atoms with Gasteiger partial charge in [-0.05, 0) is 0 Å². The quantitative estimate of drug-likeness (QED) is 0.134. The van der Waals surface area contributed by atoms with E-state index in [4.69, 9.17) is 0 Å². The molecule has 0 amide bonds. The third-order valence-electron chi connectivity index (χ3n) is 8.52. The monoisotopic (exact) mass is 646 g/mol. The summed E-state index contributed by atoms with van der Waals surface area (Å²) in [5.41, 5.74) is 1.74. The third kappa shape index (κ3) is 16.1. The van der Waals surface area contributed by atoms with Gasteiger partial charge in [0, 0.05) is 0 Å². The van der Waals surface area contributed by atoms with Gasteiger partial charge in [0.1, 0.15) is 0 Å². The van der Waals surface area contributed by atoms with E-state index in [1.165, 1.54) is 134 Å². The molecule has 0 saturated carbocycles. The number of allylic oxidation sites excluding steroid dienone is 4. The summed E-state index contributed by atoms with van der Waals surface area (Å²) in [4.78, 5) is 0. The molecule has 2 rings (SSSR count). The fraction of sp³-hybridized carbons (Fsp3) is 0.706. The molecule has 0 heterocycles. The maximum absolute atomic E-state index is 2.67. The van der Waals surface area contributed by atoms with Crippen LogP contribution in [0, 0.1) is 0 Å². The molecule has 1 aromatic carbocycles. The van der Waals surface area contributed by atoms with E-state index in [1.54, 1.807) is 19.8 Å². The topological polar surface area (TPSA) is 0 Å². The van der Waals surface area contributed by atoms with E-state index >= 15 is 0 Å². The number of hydrogen-bond acceptors (Lipinski definition) is 0. The minimum atomic E-state index is -1.65. The van der Waals surface area contributed by atoms with Gasteiger partial charge in [-0.2, -0.15) is 0 Å². The Morgan fingerprint density at radius 2 is 1.05 bits per heavy atom. The van der Waals surface area contributed by atoms with Crippen LogP contribution in [0.4, 0.5) is 0 Å². The van der Waals surface area contributed by atoms with Gasteiger partial charge in [-0.3, -0.25) is 0 Å². The molecule has 0 N–H and O–H groups in total. The largest absolute Gasteiger partial charge is 1.00 e. The summed E-state index contributed by atoms with van der Waals surface area (Å²) in [5.74, 6) is 0. The Kier molecular flexibility index (Phi) is 27.9. The molecule has 1 aliphatic carbocycles. The van der Waals surface area contributed by atoms with Gasteiger partial charge in [-0.25, -0.2) is 0 Å². The minimum absolute atomic E-state index is 0. The number of hydrogen-bond donors (Lipinski definition) is 0. The molecular weight excluding hydrogens is 591 g/mol. The van der Waals surface area contributed by atoms with Gasteiger partial charge >= 0.3 is 175 Å². The second-order valence-electron chi connectivity index (χ2n) is 11.6. The normalized spacial score (nSPS) is 14.2. The van der Waals surface area contributed by atoms with Gasteiger partial charge in [0.15, 0.2) is 0 Å². The SMILES string of the molecule is CCCCCCCCCCCCCCCCCC[Si](C)(C1=CC[C]([Ti+3])=C1CCCC)c1ccccc1.[Cl-].[Cl-].[Cl-]. The van der Waals surface area contributed by atoms with E-state index in [0.717, 1.165) is 0 Å². The van der Waals surface area contributed by atoms with Gasteiger partial charge in [0.25, 0.3) is 0 Å². The predicted octanol–water partition coefficient (Wildman–Crippen LogP) is 2.11. The smallest absolute Gasteiger partial charge is 1.00 e. The molecule has 222 valence electrons. The molecule has 1 unspecified atom stereocenters. The molecule has 0 fully saturated rings. The number of halogens is 3. The van der Waals surface area contributed by atoms with E-state index in [2.05, 4.69) is 77.2 Å². The summed E-state index contributed by atoms with van der Waals surface area (Å²) >= 11 is 2.39. The zero-order valence-corrected chi connectivity index (χ0v) is 30.3. The van der Waals surface area contributed by atoms with Crippen LogP contribution in [0.2, 0.25) is 12.6 Å². The van der Waals surface area contributed by atoms with Crippen molar-refractivity contribution in [1.82, 2.24) is 0 Å². The molecule has 1 atom stereocenters. The van der Waals surface area contributed by atoms with Crippen LogP contribution in [-0.2, 0) is 20.4 Å². The van der Waals surface area contributed by atoms with Gasteiger partial charge in [-0.15, -0.1) is 0 Å². The summed E-state index contributed by atoms with van der Waals surface area (Å²) in [6.45, 7) is 7.31. The first-order chi connectivity index (χ1) is 17.6. The fourth-order valence-corrected chi connectivity index (χ4v) is 11.1. The van der Waals surface area contributed by atoms with Crippen molar-refractivity contribution in [3.63, 3.8) is 0 Å². The first kappa shape index (κ1) is 41.6. The van der Waals surface area contributed by atoms with E-state index in [-0.39, 0.29) is 37.2 Å². The first-order valence-electron chi connectivity index (χ1n) is 15.8. The van der Waals surface area contributed by atoms with Crippen LogP contribution in [0.5, 0.6) is 0 Å². The van der Waals surface area contributed by atoms with Crippen LogP contribution in [-0.4, -0.2) is 8.07 Å². The minimum Gasteiger partial charge on any atom is -1.00 e. The third-order valence-corrected chi connectivity index (χ3v) is 14.0. The molecular formula is C34H57Cl3SiTi. The van der Waals surface area contributed by atoms with Gasteiger partial charge in [-0.1, -0.05) is 64.7 Å². The molecule has 5 heteroatoms. The van der Waals surface area contributed by atoms with Crippen molar-refractivity contribution < 1.29 is 57.7 Å². The van der Waals surface area contributed by atoms with Crippen molar-refractivity contribution in [2.75, 3.05) is 0 Å². The van der Waals surface area contributed by atoms with Crippen molar-refractivity contribution in [2.45, 2.75) is 155 Å². The van der Waals surface area contributed by atoms with Gasteiger partial charge in [0.05, 0.1) is 0 Å². The van der Waals surface area contributed by atoms with Crippen molar-refractivity contribution in [2.24, 2.45) is 0 Å². The molecule has 0 saturated heterocycles.